The van der Waals surface area contributed by atoms with E-state index in [2.05, 4.69) is 18.7 Å². The van der Waals surface area contributed by atoms with Crippen molar-refractivity contribution in [1.29, 1.82) is 0 Å². The molecule has 0 unspecified atom stereocenters. The van der Waals surface area contributed by atoms with Gasteiger partial charge in [-0.3, -0.25) is 4.90 Å². The van der Waals surface area contributed by atoms with Gasteiger partial charge in [0.15, 0.2) is 0 Å². The van der Waals surface area contributed by atoms with E-state index in [9.17, 15) is 5.11 Å². The summed E-state index contributed by atoms with van der Waals surface area (Å²) in [4.78, 5) is 2.76. The Labute approximate surface area is 125 Å². The molecule has 0 bridgehead atoms. The van der Waals surface area contributed by atoms with Crippen molar-refractivity contribution in [3.05, 3.63) is 0 Å². The summed E-state index contributed by atoms with van der Waals surface area (Å²) < 4.78 is 0. The molecule has 0 aromatic rings. The Hall–Kier alpha value is -0.0800. The van der Waals surface area contributed by atoms with Crippen molar-refractivity contribution in [3.63, 3.8) is 0 Å². The van der Waals surface area contributed by atoms with Crippen LogP contribution in [-0.4, -0.2) is 35.7 Å². The molecule has 0 saturated heterocycles. The second-order valence-electron chi connectivity index (χ2n) is 7.81. The maximum atomic E-state index is 9.98. The summed E-state index contributed by atoms with van der Waals surface area (Å²) in [6.07, 6.45) is 13.4. The summed E-state index contributed by atoms with van der Waals surface area (Å²) in [7, 11) is 0. The Balaban J connectivity index is 1.96. The Morgan fingerprint density at radius 1 is 1.05 bits per heavy atom. The minimum absolute atomic E-state index is 0.220. The van der Waals surface area contributed by atoms with E-state index >= 15 is 0 Å². The van der Waals surface area contributed by atoms with Crippen molar-refractivity contribution >= 4 is 0 Å². The van der Waals surface area contributed by atoms with Gasteiger partial charge >= 0.3 is 0 Å². The Morgan fingerprint density at radius 2 is 1.70 bits per heavy atom. The van der Waals surface area contributed by atoms with Crippen LogP contribution in [0, 0.1) is 11.3 Å². The molecule has 0 atom stereocenters. The van der Waals surface area contributed by atoms with E-state index in [-0.39, 0.29) is 5.41 Å². The van der Waals surface area contributed by atoms with Gasteiger partial charge < -0.3 is 5.11 Å². The molecule has 2 rings (SSSR count). The van der Waals surface area contributed by atoms with Crippen LogP contribution in [0.5, 0.6) is 0 Å². The maximum absolute atomic E-state index is 9.98. The Morgan fingerprint density at radius 3 is 2.25 bits per heavy atom. The molecule has 0 aromatic carbocycles. The van der Waals surface area contributed by atoms with Crippen LogP contribution < -0.4 is 0 Å². The van der Waals surface area contributed by atoms with Crippen LogP contribution >= 0.6 is 0 Å². The summed E-state index contributed by atoms with van der Waals surface area (Å²) in [5, 5.41) is 9.98. The lowest BCUT2D eigenvalue weighted by atomic mass is 9.74. The highest BCUT2D eigenvalue weighted by Gasteiger charge is 2.35. The highest BCUT2D eigenvalue weighted by molar-refractivity contribution is 4.88. The lowest BCUT2D eigenvalue weighted by Gasteiger charge is -2.42. The first-order valence-electron chi connectivity index (χ1n) is 9.00. The predicted molar refractivity (Wildman–Crippen MR) is 85.9 cm³/mol. The summed E-state index contributed by atoms with van der Waals surface area (Å²) in [5.41, 5.74) is 0.220. The number of hydrogen-bond donors (Lipinski definition) is 1. The average Bonchev–Trinajstić information content (AvgIpc) is 2.98. The zero-order valence-electron chi connectivity index (χ0n) is 13.7. The first-order chi connectivity index (χ1) is 9.65. The monoisotopic (exact) mass is 281 g/mol. The highest BCUT2D eigenvalue weighted by atomic mass is 16.3. The van der Waals surface area contributed by atoms with Crippen molar-refractivity contribution in [1.82, 2.24) is 4.90 Å². The summed E-state index contributed by atoms with van der Waals surface area (Å²) >= 11 is 0. The standard InChI is InChI=1S/C18H35NO/c1-16(2)10-13-19(17-8-4-5-9-17)14-18(15-20)11-6-3-7-12-18/h16-17,20H,3-15H2,1-2H3. The molecule has 0 amide bonds. The third kappa shape index (κ3) is 4.46. The largest absolute Gasteiger partial charge is 0.396 e. The van der Waals surface area contributed by atoms with E-state index in [0.717, 1.165) is 18.5 Å². The van der Waals surface area contributed by atoms with Crippen LogP contribution in [0.4, 0.5) is 0 Å². The second-order valence-corrected chi connectivity index (χ2v) is 7.81. The summed E-state index contributed by atoms with van der Waals surface area (Å²) in [6, 6.07) is 0.805. The topological polar surface area (TPSA) is 23.5 Å². The molecule has 20 heavy (non-hydrogen) atoms. The molecule has 0 aromatic heterocycles. The van der Waals surface area contributed by atoms with Gasteiger partial charge in [0, 0.05) is 24.6 Å². The van der Waals surface area contributed by atoms with E-state index in [1.165, 1.54) is 70.8 Å². The van der Waals surface area contributed by atoms with E-state index in [0.29, 0.717) is 6.61 Å². The van der Waals surface area contributed by atoms with Gasteiger partial charge in [0.05, 0.1) is 0 Å². The lowest BCUT2D eigenvalue weighted by Crippen LogP contribution is -2.46. The average molecular weight is 281 g/mol. The number of aliphatic hydroxyl groups is 1. The first kappa shape index (κ1) is 16.3. The third-order valence-corrected chi connectivity index (χ3v) is 5.62. The van der Waals surface area contributed by atoms with E-state index in [4.69, 9.17) is 0 Å². The fourth-order valence-corrected chi connectivity index (χ4v) is 4.18. The smallest absolute Gasteiger partial charge is 0.0499 e. The van der Waals surface area contributed by atoms with Gasteiger partial charge in [0.2, 0.25) is 0 Å². The normalized spacial score (nSPS) is 23.9. The molecule has 0 spiro atoms. The molecule has 2 aliphatic rings. The Bertz CT molecular complexity index is 265. The maximum Gasteiger partial charge on any atom is 0.0499 e. The van der Waals surface area contributed by atoms with Gasteiger partial charge in [0.25, 0.3) is 0 Å². The molecule has 2 heteroatoms. The molecular weight excluding hydrogens is 246 g/mol. The van der Waals surface area contributed by atoms with Crippen LogP contribution in [0.1, 0.15) is 78.1 Å². The molecule has 2 aliphatic carbocycles. The second kappa shape index (κ2) is 7.79. The van der Waals surface area contributed by atoms with Gasteiger partial charge in [-0.05, 0) is 44.6 Å². The van der Waals surface area contributed by atoms with Crippen LogP contribution in [0.2, 0.25) is 0 Å². The molecule has 2 saturated carbocycles. The van der Waals surface area contributed by atoms with Crippen LogP contribution in [0.15, 0.2) is 0 Å². The SMILES string of the molecule is CC(C)CCN(CC1(CO)CCCCC1)C1CCCC1. The number of aliphatic hydroxyl groups excluding tert-OH is 1. The van der Waals surface area contributed by atoms with Crippen LogP contribution in [0.25, 0.3) is 0 Å². The van der Waals surface area contributed by atoms with Gasteiger partial charge in [-0.15, -0.1) is 0 Å². The molecule has 2 nitrogen and oxygen atoms in total. The summed E-state index contributed by atoms with van der Waals surface area (Å²) in [5.74, 6) is 0.787. The van der Waals surface area contributed by atoms with Gasteiger partial charge in [-0.2, -0.15) is 0 Å². The molecule has 1 N–H and O–H groups in total. The Kier molecular flexibility index (Phi) is 6.35. The van der Waals surface area contributed by atoms with E-state index < -0.39 is 0 Å². The fourth-order valence-electron chi connectivity index (χ4n) is 4.18. The zero-order valence-corrected chi connectivity index (χ0v) is 13.7. The molecular formula is C18H35NO. The van der Waals surface area contributed by atoms with Crippen molar-refractivity contribution in [2.75, 3.05) is 19.7 Å². The number of rotatable bonds is 7. The molecule has 0 heterocycles. The molecule has 0 radical (unpaired) electrons. The summed E-state index contributed by atoms with van der Waals surface area (Å²) in [6.45, 7) is 7.45. The van der Waals surface area contributed by atoms with Crippen molar-refractivity contribution in [2.24, 2.45) is 11.3 Å². The van der Waals surface area contributed by atoms with Crippen molar-refractivity contribution in [3.8, 4) is 0 Å². The van der Waals surface area contributed by atoms with Crippen LogP contribution in [-0.2, 0) is 0 Å². The lowest BCUT2D eigenvalue weighted by molar-refractivity contribution is 0.0239. The van der Waals surface area contributed by atoms with Gasteiger partial charge in [-0.25, -0.2) is 0 Å². The molecule has 0 aliphatic heterocycles. The van der Waals surface area contributed by atoms with Gasteiger partial charge in [0.1, 0.15) is 0 Å². The van der Waals surface area contributed by atoms with E-state index in [1.54, 1.807) is 0 Å². The van der Waals surface area contributed by atoms with E-state index in [1.807, 2.05) is 0 Å². The molecule has 118 valence electrons. The zero-order chi connectivity index (χ0) is 14.4. The van der Waals surface area contributed by atoms with Crippen molar-refractivity contribution < 1.29 is 5.11 Å². The first-order valence-corrected chi connectivity index (χ1v) is 9.00. The molecule has 2 fully saturated rings. The fraction of sp³-hybridized carbons (Fsp3) is 1.00. The quantitative estimate of drug-likeness (QED) is 0.755. The van der Waals surface area contributed by atoms with Crippen LogP contribution in [0.3, 0.4) is 0 Å². The predicted octanol–water partition coefficient (Wildman–Crippen LogP) is 4.22. The minimum atomic E-state index is 0.220. The van der Waals surface area contributed by atoms with Crippen molar-refractivity contribution in [2.45, 2.75) is 84.1 Å². The minimum Gasteiger partial charge on any atom is -0.396 e. The third-order valence-electron chi connectivity index (χ3n) is 5.62. The number of hydrogen-bond acceptors (Lipinski definition) is 2. The number of nitrogens with zero attached hydrogens (tertiary/aromatic N) is 1. The highest BCUT2D eigenvalue weighted by Crippen LogP contribution is 2.38. The van der Waals surface area contributed by atoms with Gasteiger partial charge in [-0.1, -0.05) is 46.0 Å².